The third kappa shape index (κ3) is 7.36. The van der Waals surface area contributed by atoms with Gasteiger partial charge in [-0.3, -0.25) is 9.59 Å². The number of halogens is 2. The van der Waals surface area contributed by atoms with Crippen LogP contribution in [0.2, 0.25) is 10.0 Å². The SMILES string of the molecule is O=C(/C=C/c1cccc(Cl)c1)N1CCC(C(O)CN2CCC3(CC2)CN(C(=O)/C=C/c2cccc(Cl)c2)c2ccccc23)CC1. The lowest BCUT2D eigenvalue weighted by Gasteiger charge is -2.42. The number of benzene rings is 3. The van der Waals surface area contributed by atoms with E-state index in [-0.39, 0.29) is 23.1 Å². The normalized spacial score (nSPS) is 19.4. The molecule has 45 heavy (non-hydrogen) atoms. The van der Waals surface area contributed by atoms with Crippen LogP contribution in [-0.2, 0) is 15.0 Å². The van der Waals surface area contributed by atoms with E-state index in [0.717, 1.165) is 55.6 Å². The van der Waals surface area contributed by atoms with E-state index in [1.807, 2.05) is 70.5 Å². The molecule has 2 amide bonds. The fourth-order valence-corrected chi connectivity index (χ4v) is 7.48. The van der Waals surface area contributed by atoms with Crippen LogP contribution in [0.3, 0.4) is 0 Å². The smallest absolute Gasteiger partial charge is 0.251 e. The van der Waals surface area contributed by atoms with Crippen LogP contribution in [0.1, 0.15) is 42.4 Å². The zero-order valence-electron chi connectivity index (χ0n) is 25.3. The van der Waals surface area contributed by atoms with E-state index in [1.165, 1.54) is 5.56 Å². The molecule has 3 aromatic rings. The standard InChI is InChI=1S/C37H39Cl2N3O3/c38-30-7-3-5-27(23-30)11-13-35(44)41-19-15-29(16-20-41)34(43)25-40-21-17-37(18-22-40)26-42(33-10-2-1-9-32(33)37)36(45)14-12-28-6-4-8-31(39)24-28/h1-14,23-24,29,34,43H,15-22,25-26H2/b13-11+,14-12+. The second-order valence-corrected chi connectivity index (χ2v) is 13.4. The number of aliphatic hydroxyl groups excluding tert-OH is 1. The molecule has 6 nitrogen and oxygen atoms in total. The van der Waals surface area contributed by atoms with Crippen molar-refractivity contribution in [2.45, 2.75) is 37.2 Å². The number of hydrogen-bond acceptors (Lipinski definition) is 4. The van der Waals surface area contributed by atoms with E-state index in [2.05, 4.69) is 23.1 Å². The summed E-state index contributed by atoms with van der Waals surface area (Å²) in [7, 11) is 0. The topological polar surface area (TPSA) is 64.1 Å². The van der Waals surface area contributed by atoms with Crippen LogP contribution in [0.25, 0.3) is 12.2 Å². The van der Waals surface area contributed by atoms with E-state index >= 15 is 0 Å². The summed E-state index contributed by atoms with van der Waals surface area (Å²) >= 11 is 12.2. The van der Waals surface area contributed by atoms with E-state index in [0.29, 0.717) is 36.2 Å². The van der Waals surface area contributed by atoms with E-state index < -0.39 is 6.10 Å². The first-order valence-corrected chi connectivity index (χ1v) is 16.5. The number of nitrogens with zero attached hydrogens (tertiary/aromatic N) is 3. The average molecular weight is 645 g/mol. The van der Waals surface area contributed by atoms with Gasteiger partial charge in [-0.05, 0) is 104 Å². The van der Waals surface area contributed by atoms with E-state index in [1.54, 1.807) is 18.2 Å². The minimum atomic E-state index is -0.427. The molecule has 0 aliphatic carbocycles. The highest BCUT2D eigenvalue weighted by atomic mass is 35.5. The summed E-state index contributed by atoms with van der Waals surface area (Å²) in [6.45, 7) is 4.34. The Morgan fingerprint density at radius 3 is 2.04 bits per heavy atom. The Hall–Kier alpha value is -3.42. The van der Waals surface area contributed by atoms with Crippen molar-refractivity contribution < 1.29 is 14.7 Å². The van der Waals surface area contributed by atoms with E-state index in [9.17, 15) is 14.7 Å². The lowest BCUT2D eigenvalue weighted by molar-refractivity contribution is -0.128. The number of carbonyl (C=O) groups is 2. The zero-order chi connectivity index (χ0) is 31.4. The van der Waals surface area contributed by atoms with Gasteiger partial charge >= 0.3 is 0 Å². The van der Waals surface area contributed by atoms with Crippen LogP contribution in [0, 0.1) is 5.92 Å². The Morgan fingerprint density at radius 1 is 0.822 bits per heavy atom. The van der Waals surface area contributed by atoms with Crippen molar-refractivity contribution in [3.05, 3.63) is 112 Å². The number of piperidine rings is 2. The highest BCUT2D eigenvalue weighted by molar-refractivity contribution is 6.31. The molecule has 2 saturated heterocycles. The molecule has 1 atom stereocenters. The first-order valence-electron chi connectivity index (χ1n) is 15.8. The summed E-state index contributed by atoms with van der Waals surface area (Å²) in [4.78, 5) is 32.3. The molecule has 1 spiro atoms. The molecule has 8 heteroatoms. The summed E-state index contributed by atoms with van der Waals surface area (Å²) in [5.41, 5.74) is 3.96. The molecule has 234 valence electrons. The Kier molecular flexibility index (Phi) is 9.76. The summed E-state index contributed by atoms with van der Waals surface area (Å²) in [6, 6.07) is 23.2. The molecule has 3 aliphatic rings. The highest BCUT2D eigenvalue weighted by Crippen LogP contribution is 2.47. The van der Waals surface area contributed by atoms with Crippen molar-refractivity contribution in [1.29, 1.82) is 0 Å². The molecular formula is C37H39Cl2N3O3. The predicted octanol–water partition coefficient (Wildman–Crippen LogP) is 6.70. The quantitative estimate of drug-likeness (QED) is 0.291. The number of para-hydroxylation sites is 1. The number of amides is 2. The Labute approximate surface area is 275 Å². The third-order valence-electron chi connectivity index (χ3n) is 9.68. The molecule has 0 saturated carbocycles. The van der Waals surface area contributed by atoms with Crippen LogP contribution in [0.15, 0.2) is 84.9 Å². The first kappa shape index (κ1) is 31.6. The van der Waals surface area contributed by atoms with Gasteiger partial charge in [-0.1, -0.05) is 65.7 Å². The predicted molar refractivity (Wildman–Crippen MR) is 182 cm³/mol. The minimum Gasteiger partial charge on any atom is -0.392 e. The molecule has 0 radical (unpaired) electrons. The van der Waals surface area contributed by atoms with Crippen LogP contribution >= 0.6 is 23.2 Å². The van der Waals surface area contributed by atoms with Gasteiger partial charge < -0.3 is 19.8 Å². The number of fused-ring (bicyclic) bond motifs is 2. The summed E-state index contributed by atoms with van der Waals surface area (Å²) < 4.78 is 0. The summed E-state index contributed by atoms with van der Waals surface area (Å²) in [5.74, 6) is 0.143. The lowest BCUT2D eigenvalue weighted by atomic mass is 9.74. The number of likely N-dealkylation sites (tertiary alicyclic amines) is 2. The molecule has 3 aliphatic heterocycles. The fraction of sp³-hybridized carbons (Fsp3) is 0.351. The Morgan fingerprint density at radius 2 is 1.42 bits per heavy atom. The third-order valence-corrected chi connectivity index (χ3v) is 10.2. The fourth-order valence-electron chi connectivity index (χ4n) is 7.09. The van der Waals surface area contributed by atoms with Gasteiger partial charge in [0, 0.05) is 59.5 Å². The van der Waals surface area contributed by atoms with Gasteiger partial charge in [-0.2, -0.15) is 0 Å². The maximum Gasteiger partial charge on any atom is 0.251 e. The molecule has 0 bridgehead atoms. The second-order valence-electron chi connectivity index (χ2n) is 12.5. The lowest BCUT2D eigenvalue weighted by Crippen LogP contribution is -2.49. The number of aliphatic hydroxyl groups is 1. The zero-order valence-corrected chi connectivity index (χ0v) is 26.8. The van der Waals surface area contributed by atoms with Gasteiger partial charge in [0.15, 0.2) is 0 Å². The van der Waals surface area contributed by atoms with Crippen molar-refractivity contribution in [3.8, 4) is 0 Å². The van der Waals surface area contributed by atoms with Crippen molar-refractivity contribution in [1.82, 2.24) is 9.80 Å². The van der Waals surface area contributed by atoms with Gasteiger partial charge in [0.25, 0.3) is 5.91 Å². The molecular weight excluding hydrogens is 605 g/mol. The number of anilines is 1. The molecule has 1 N–H and O–H groups in total. The number of hydrogen-bond donors (Lipinski definition) is 1. The van der Waals surface area contributed by atoms with Gasteiger partial charge in [-0.25, -0.2) is 0 Å². The van der Waals surface area contributed by atoms with Crippen LogP contribution < -0.4 is 4.90 Å². The molecule has 1 unspecified atom stereocenters. The summed E-state index contributed by atoms with van der Waals surface area (Å²) in [5, 5.41) is 12.5. The minimum absolute atomic E-state index is 0.00596. The Balaban J connectivity index is 1.01. The average Bonchev–Trinajstić information content (AvgIpc) is 3.37. The van der Waals surface area contributed by atoms with Crippen LogP contribution in [0.4, 0.5) is 5.69 Å². The highest BCUT2D eigenvalue weighted by Gasteiger charge is 2.46. The first-order chi connectivity index (χ1) is 21.8. The van der Waals surface area contributed by atoms with Gasteiger partial charge in [0.2, 0.25) is 5.91 Å². The number of rotatable bonds is 7. The van der Waals surface area contributed by atoms with E-state index in [4.69, 9.17) is 23.2 Å². The van der Waals surface area contributed by atoms with Crippen LogP contribution in [0.5, 0.6) is 0 Å². The molecule has 6 rings (SSSR count). The largest absolute Gasteiger partial charge is 0.392 e. The van der Waals surface area contributed by atoms with Crippen molar-refractivity contribution >= 4 is 52.9 Å². The maximum absolute atomic E-state index is 13.4. The van der Waals surface area contributed by atoms with Crippen LogP contribution in [-0.4, -0.2) is 72.1 Å². The monoisotopic (exact) mass is 643 g/mol. The molecule has 3 aromatic carbocycles. The van der Waals surface area contributed by atoms with Crippen molar-refractivity contribution in [3.63, 3.8) is 0 Å². The van der Waals surface area contributed by atoms with Crippen molar-refractivity contribution in [2.24, 2.45) is 5.92 Å². The number of β-amino-alcohol motifs (C(OH)–C–C–N with tert-alkyl or cyclic N) is 1. The number of carbonyl (C=O) groups excluding carboxylic acids is 2. The summed E-state index contributed by atoms with van der Waals surface area (Å²) in [6.07, 6.45) is 9.90. The maximum atomic E-state index is 13.4. The van der Waals surface area contributed by atoms with Gasteiger partial charge in [-0.15, -0.1) is 0 Å². The molecule has 3 heterocycles. The Bertz CT molecular complexity index is 1590. The van der Waals surface area contributed by atoms with Crippen molar-refractivity contribution in [2.75, 3.05) is 44.2 Å². The molecule has 2 fully saturated rings. The van der Waals surface area contributed by atoms with Gasteiger partial charge in [0.1, 0.15) is 0 Å². The van der Waals surface area contributed by atoms with Gasteiger partial charge in [0.05, 0.1) is 6.10 Å². The molecule has 0 aromatic heterocycles. The second kappa shape index (κ2) is 13.9.